The molecular formula is C13H16FNO3. The molecule has 1 N–H and O–H groups in total. The molecule has 0 unspecified atom stereocenters. The minimum Gasteiger partial charge on any atom is -0.468 e. The highest BCUT2D eigenvalue weighted by molar-refractivity contribution is 5.78. The van der Waals surface area contributed by atoms with Crippen LogP contribution in [0.2, 0.25) is 0 Å². The molecule has 0 atom stereocenters. The second-order valence-electron chi connectivity index (χ2n) is 4.46. The molecule has 98 valence electrons. The van der Waals surface area contributed by atoms with Crippen molar-refractivity contribution < 1.29 is 18.7 Å². The third-order valence-electron chi connectivity index (χ3n) is 3.11. The van der Waals surface area contributed by atoms with E-state index in [0.717, 1.165) is 0 Å². The zero-order chi connectivity index (χ0) is 13.0. The fourth-order valence-electron chi connectivity index (χ4n) is 1.94. The fraction of sp³-hybridized carbons (Fsp3) is 0.462. The number of ether oxygens (including phenoxy) is 2. The highest BCUT2D eigenvalue weighted by Gasteiger charge is 2.46. The van der Waals surface area contributed by atoms with E-state index in [1.54, 1.807) is 18.2 Å². The molecule has 1 saturated heterocycles. The third-order valence-corrected chi connectivity index (χ3v) is 3.11. The predicted octanol–water partition coefficient (Wildman–Crippen LogP) is 1.10. The minimum atomic E-state index is -0.611. The number of methoxy groups -OCH3 is 1. The van der Waals surface area contributed by atoms with Crippen LogP contribution in [0.5, 0.6) is 0 Å². The molecule has 0 bridgehead atoms. The molecule has 0 amide bonds. The van der Waals surface area contributed by atoms with Gasteiger partial charge in [-0.05, 0) is 6.07 Å². The van der Waals surface area contributed by atoms with E-state index >= 15 is 0 Å². The van der Waals surface area contributed by atoms with Gasteiger partial charge in [0, 0.05) is 18.7 Å². The van der Waals surface area contributed by atoms with Crippen molar-refractivity contribution in [2.45, 2.75) is 6.54 Å². The van der Waals surface area contributed by atoms with Gasteiger partial charge >= 0.3 is 5.97 Å². The van der Waals surface area contributed by atoms with Crippen molar-refractivity contribution in [3.05, 3.63) is 35.6 Å². The van der Waals surface area contributed by atoms with E-state index in [9.17, 15) is 9.18 Å². The average molecular weight is 253 g/mol. The standard InChI is InChI=1S/C13H16FNO3/c1-17-12(16)13(8-18-9-13)7-15-6-10-4-2-3-5-11(10)14/h2-5,15H,6-9H2,1H3. The smallest absolute Gasteiger partial charge is 0.317 e. The summed E-state index contributed by atoms with van der Waals surface area (Å²) in [4.78, 5) is 11.6. The number of nitrogens with one attached hydrogen (secondary N) is 1. The van der Waals surface area contributed by atoms with E-state index < -0.39 is 5.41 Å². The lowest BCUT2D eigenvalue weighted by Crippen LogP contribution is -2.55. The minimum absolute atomic E-state index is 0.248. The number of carbonyl (C=O) groups excluding carboxylic acids is 1. The van der Waals surface area contributed by atoms with Crippen molar-refractivity contribution in [2.75, 3.05) is 26.9 Å². The van der Waals surface area contributed by atoms with Crippen LogP contribution in [0.3, 0.4) is 0 Å². The summed E-state index contributed by atoms with van der Waals surface area (Å²) >= 11 is 0. The maximum atomic E-state index is 13.4. The normalized spacial score (nSPS) is 17.0. The van der Waals surface area contributed by atoms with E-state index in [1.165, 1.54) is 13.2 Å². The van der Waals surface area contributed by atoms with E-state index in [2.05, 4.69) is 5.32 Å². The number of hydrogen-bond donors (Lipinski definition) is 1. The first-order valence-electron chi connectivity index (χ1n) is 5.78. The van der Waals surface area contributed by atoms with Gasteiger partial charge in [0.05, 0.1) is 20.3 Å². The molecule has 1 aromatic rings. The molecule has 0 radical (unpaired) electrons. The van der Waals surface area contributed by atoms with E-state index in [-0.39, 0.29) is 11.8 Å². The van der Waals surface area contributed by atoms with Gasteiger partial charge in [0.1, 0.15) is 11.2 Å². The molecule has 1 aliphatic rings. The largest absolute Gasteiger partial charge is 0.468 e. The first-order chi connectivity index (χ1) is 8.68. The van der Waals surface area contributed by atoms with Crippen LogP contribution in [-0.2, 0) is 20.8 Å². The maximum absolute atomic E-state index is 13.4. The number of rotatable bonds is 5. The molecule has 2 rings (SSSR count). The fourth-order valence-corrected chi connectivity index (χ4v) is 1.94. The van der Waals surface area contributed by atoms with Crippen molar-refractivity contribution >= 4 is 5.97 Å². The summed E-state index contributed by atoms with van der Waals surface area (Å²) in [5, 5.41) is 3.08. The number of esters is 1. The lowest BCUT2D eigenvalue weighted by molar-refractivity contribution is -0.182. The van der Waals surface area contributed by atoms with Crippen LogP contribution in [0, 0.1) is 11.2 Å². The molecule has 0 saturated carbocycles. The monoisotopic (exact) mass is 253 g/mol. The van der Waals surface area contributed by atoms with Crippen LogP contribution < -0.4 is 5.32 Å². The van der Waals surface area contributed by atoms with Gasteiger partial charge in [-0.25, -0.2) is 4.39 Å². The zero-order valence-electron chi connectivity index (χ0n) is 10.2. The van der Waals surface area contributed by atoms with Gasteiger partial charge in [-0.3, -0.25) is 4.79 Å². The van der Waals surface area contributed by atoms with Crippen LogP contribution in [0.15, 0.2) is 24.3 Å². The van der Waals surface area contributed by atoms with Crippen molar-refractivity contribution in [3.8, 4) is 0 Å². The summed E-state index contributed by atoms with van der Waals surface area (Å²) in [5.74, 6) is -0.531. The van der Waals surface area contributed by atoms with Crippen molar-refractivity contribution in [2.24, 2.45) is 5.41 Å². The van der Waals surface area contributed by atoms with Crippen molar-refractivity contribution in [1.29, 1.82) is 0 Å². The summed E-state index contributed by atoms with van der Waals surface area (Å²) in [6.45, 7) is 1.51. The first-order valence-corrected chi connectivity index (χ1v) is 5.78. The lowest BCUT2D eigenvalue weighted by atomic mass is 9.86. The topological polar surface area (TPSA) is 47.6 Å². The molecule has 0 spiro atoms. The van der Waals surface area contributed by atoms with E-state index in [1.807, 2.05) is 0 Å². The van der Waals surface area contributed by atoms with Gasteiger partial charge in [-0.2, -0.15) is 0 Å². The van der Waals surface area contributed by atoms with Crippen LogP contribution in [0.4, 0.5) is 4.39 Å². The van der Waals surface area contributed by atoms with Crippen molar-refractivity contribution in [1.82, 2.24) is 5.32 Å². The van der Waals surface area contributed by atoms with Gasteiger partial charge < -0.3 is 14.8 Å². The molecule has 0 aromatic heterocycles. The Labute approximate surface area is 105 Å². The van der Waals surface area contributed by atoms with Crippen molar-refractivity contribution in [3.63, 3.8) is 0 Å². The molecular weight excluding hydrogens is 237 g/mol. The second-order valence-corrected chi connectivity index (χ2v) is 4.46. The Morgan fingerprint density at radius 1 is 1.50 bits per heavy atom. The van der Waals surface area contributed by atoms with Gasteiger partial charge in [-0.1, -0.05) is 18.2 Å². The molecule has 1 aliphatic heterocycles. The Bertz CT molecular complexity index is 432. The summed E-state index contributed by atoms with van der Waals surface area (Å²) < 4.78 is 23.2. The Kier molecular flexibility index (Phi) is 3.93. The SMILES string of the molecule is COC(=O)C1(CNCc2ccccc2F)COC1. The zero-order valence-corrected chi connectivity index (χ0v) is 10.2. The number of hydrogen-bond acceptors (Lipinski definition) is 4. The van der Waals surface area contributed by atoms with Gasteiger partial charge in [0.25, 0.3) is 0 Å². The van der Waals surface area contributed by atoms with Crippen LogP contribution in [0.25, 0.3) is 0 Å². The molecule has 1 fully saturated rings. The van der Waals surface area contributed by atoms with E-state index in [0.29, 0.717) is 31.9 Å². The Morgan fingerprint density at radius 3 is 2.78 bits per heavy atom. The summed E-state index contributed by atoms with van der Waals surface area (Å²) in [6, 6.07) is 6.56. The molecule has 18 heavy (non-hydrogen) atoms. The van der Waals surface area contributed by atoms with Crippen LogP contribution in [-0.4, -0.2) is 32.8 Å². The maximum Gasteiger partial charge on any atom is 0.317 e. The first kappa shape index (κ1) is 13.0. The van der Waals surface area contributed by atoms with Crippen LogP contribution >= 0.6 is 0 Å². The number of halogens is 1. The number of carbonyl (C=O) groups is 1. The molecule has 5 heteroatoms. The molecule has 1 heterocycles. The highest BCUT2D eigenvalue weighted by atomic mass is 19.1. The summed E-state index contributed by atoms with van der Waals surface area (Å²) in [5.41, 5.74) is -0.0298. The molecule has 1 aromatic carbocycles. The average Bonchev–Trinajstić information content (AvgIpc) is 2.34. The predicted molar refractivity (Wildman–Crippen MR) is 63.4 cm³/mol. The number of benzene rings is 1. The third kappa shape index (κ3) is 2.52. The lowest BCUT2D eigenvalue weighted by Gasteiger charge is -2.38. The van der Waals surface area contributed by atoms with Gasteiger partial charge in [0.15, 0.2) is 0 Å². The van der Waals surface area contributed by atoms with E-state index in [4.69, 9.17) is 9.47 Å². The second kappa shape index (κ2) is 5.46. The highest BCUT2D eigenvalue weighted by Crippen LogP contribution is 2.28. The molecule has 0 aliphatic carbocycles. The van der Waals surface area contributed by atoms with Gasteiger partial charge in [0.2, 0.25) is 0 Å². The molecule has 4 nitrogen and oxygen atoms in total. The van der Waals surface area contributed by atoms with Gasteiger partial charge in [-0.15, -0.1) is 0 Å². The summed E-state index contributed by atoms with van der Waals surface area (Å²) in [7, 11) is 1.36. The Balaban J connectivity index is 1.88. The Morgan fingerprint density at radius 2 is 2.22 bits per heavy atom. The summed E-state index contributed by atoms with van der Waals surface area (Å²) in [6.07, 6.45) is 0. The Hall–Kier alpha value is -1.46. The van der Waals surface area contributed by atoms with Crippen LogP contribution in [0.1, 0.15) is 5.56 Å². The quantitative estimate of drug-likeness (QED) is 0.798.